The van der Waals surface area contributed by atoms with Gasteiger partial charge in [0.15, 0.2) is 0 Å². The van der Waals surface area contributed by atoms with Gasteiger partial charge in [0, 0.05) is 12.2 Å². The second-order valence-corrected chi connectivity index (χ2v) is 6.28. The van der Waals surface area contributed by atoms with Gasteiger partial charge < -0.3 is 9.88 Å². The van der Waals surface area contributed by atoms with Crippen molar-refractivity contribution in [3.63, 3.8) is 0 Å². The maximum Gasteiger partial charge on any atom is 0.203 e. The van der Waals surface area contributed by atoms with Crippen LogP contribution < -0.4 is 5.32 Å². The van der Waals surface area contributed by atoms with Crippen LogP contribution in [0.3, 0.4) is 0 Å². The smallest absolute Gasteiger partial charge is 0.203 e. The lowest BCUT2D eigenvalue weighted by molar-refractivity contribution is 0.716. The summed E-state index contributed by atoms with van der Waals surface area (Å²) in [6.45, 7) is 5.17. The zero-order valence-electron chi connectivity index (χ0n) is 11.6. The van der Waals surface area contributed by atoms with E-state index in [-0.39, 0.29) is 0 Å². The number of hydrogen-bond acceptors (Lipinski definition) is 3. The highest BCUT2D eigenvalue weighted by molar-refractivity contribution is 7.08. The number of thiophene rings is 1. The van der Waals surface area contributed by atoms with Gasteiger partial charge in [0.05, 0.1) is 12.2 Å². The molecule has 2 aromatic rings. The highest BCUT2D eigenvalue weighted by Gasteiger charge is 2.17. The molecule has 0 atom stereocenters. The molecule has 102 valence electrons. The van der Waals surface area contributed by atoms with Gasteiger partial charge in [0.25, 0.3) is 0 Å². The predicted molar refractivity (Wildman–Crippen MR) is 81.0 cm³/mol. The number of aryl methyl sites for hydroxylation is 2. The SMILES string of the molecule is Cc1cn(Cc2cscc2C)c(NC2CCCC2)n1. The van der Waals surface area contributed by atoms with Crippen LogP contribution >= 0.6 is 11.3 Å². The van der Waals surface area contributed by atoms with Crippen LogP contribution in [-0.2, 0) is 6.54 Å². The number of imidazole rings is 1. The Morgan fingerprint density at radius 3 is 2.79 bits per heavy atom. The lowest BCUT2D eigenvalue weighted by Crippen LogP contribution is -2.18. The molecular formula is C15H21N3S. The van der Waals surface area contributed by atoms with Gasteiger partial charge in [-0.15, -0.1) is 0 Å². The molecule has 0 unspecified atom stereocenters. The van der Waals surface area contributed by atoms with Crippen LogP contribution in [0, 0.1) is 13.8 Å². The molecule has 1 aliphatic rings. The molecule has 3 nitrogen and oxygen atoms in total. The van der Waals surface area contributed by atoms with Crippen molar-refractivity contribution in [3.05, 3.63) is 33.8 Å². The van der Waals surface area contributed by atoms with Crippen LogP contribution in [-0.4, -0.2) is 15.6 Å². The van der Waals surface area contributed by atoms with Crippen LogP contribution in [0.1, 0.15) is 42.5 Å². The van der Waals surface area contributed by atoms with E-state index in [1.165, 1.54) is 36.8 Å². The third-order valence-electron chi connectivity index (χ3n) is 3.89. The highest BCUT2D eigenvalue weighted by Crippen LogP contribution is 2.23. The van der Waals surface area contributed by atoms with Crippen molar-refractivity contribution in [2.45, 2.75) is 52.1 Å². The number of aromatic nitrogens is 2. The zero-order chi connectivity index (χ0) is 13.2. The first-order valence-electron chi connectivity index (χ1n) is 7.04. The summed E-state index contributed by atoms with van der Waals surface area (Å²) in [6.07, 6.45) is 7.41. The maximum absolute atomic E-state index is 4.64. The summed E-state index contributed by atoms with van der Waals surface area (Å²) in [7, 11) is 0. The Morgan fingerprint density at radius 1 is 1.32 bits per heavy atom. The molecule has 1 saturated carbocycles. The van der Waals surface area contributed by atoms with Crippen LogP contribution in [0.25, 0.3) is 0 Å². The first kappa shape index (κ1) is 12.7. The first-order valence-corrected chi connectivity index (χ1v) is 7.98. The largest absolute Gasteiger partial charge is 0.353 e. The Kier molecular flexibility index (Phi) is 3.60. The Labute approximate surface area is 118 Å². The molecule has 2 heterocycles. The predicted octanol–water partition coefficient (Wildman–Crippen LogP) is 3.96. The van der Waals surface area contributed by atoms with Crippen LogP contribution in [0.2, 0.25) is 0 Å². The summed E-state index contributed by atoms with van der Waals surface area (Å²) < 4.78 is 2.25. The molecule has 19 heavy (non-hydrogen) atoms. The number of nitrogens with one attached hydrogen (secondary N) is 1. The molecule has 0 amide bonds. The van der Waals surface area contributed by atoms with Crippen molar-refractivity contribution in [3.8, 4) is 0 Å². The van der Waals surface area contributed by atoms with E-state index in [4.69, 9.17) is 0 Å². The molecule has 1 fully saturated rings. The molecule has 0 saturated heterocycles. The normalized spacial score (nSPS) is 16.1. The second kappa shape index (κ2) is 5.37. The quantitative estimate of drug-likeness (QED) is 0.915. The van der Waals surface area contributed by atoms with Gasteiger partial charge in [0.2, 0.25) is 5.95 Å². The monoisotopic (exact) mass is 275 g/mol. The van der Waals surface area contributed by atoms with Crippen molar-refractivity contribution < 1.29 is 0 Å². The summed E-state index contributed by atoms with van der Waals surface area (Å²) in [6, 6.07) is 0.615. The van der Waals surface area contributed by atoms with E-state index in [0.717, 1.165) is 18.2 Å². The summed E-state index contributed by atoms with van der Waals surface area (Å²) in [5.74, 6) is 1.04. The van der Waals surface area contributed by atoms with Crippen molar-refractivity contribution in [2.24, 2.45) is 0 Å². The Morgan fingerprint density at radius 2 is 2.11 bits per heavy atom. The molecule has 0 radical (unpaired) electrons. The molecule has 0 spiro atoms. The van der Waals surface area contributed by atoms with Crippen LogP contribution in [0.4, 0.5) is 5.95 Å². The number of nitrogens with zero attached hydrogens (tertiary/aromatic N) is 2. The van der Waals surface area contributed by atoms with Crippen molar-refractivity contribution in [1.82, 2.24) is 9.55 Å². The zero-order valence-corrected chi connectivity index (χ0v) is 12.5. The Bertz CT molecular complexity index is 549. The Hall–Kier alpha value is -1.29. The van der Waals surface area contributed by atoms with E-state index in [0.29, 0.717) is 6.04 Å². The maximum atomic E-state index is 4.64. The molecule has 3 rings (SSSR count). The lowest BCUT2D eigenvalue weighted by Gasteiger charge is -2.14. The minimum absolute atomic E-state index is 0.615. The average molecular weight is 275 g/mol. The summed E-state index contributed by atoms with van der Waals surface area (Å²) in [5.41, 5.74) is 3.87. The van der Waals surface area contributed by atoms with E-state index in [1.807, 2.05) is 0 Å². The standard InChI is InChI=1S/C15H21N3S/c1-11-9-19-10-13(11)8-18-7-12(2)16-15(18)17-14-5-3-4-6-14/h7,9-10,14H,3-6,8H2,1-2H3,(H,16,17). The van der Waals surface area contributed by atoms with Crippen LogP contribution in [0.15, 0.2) is 17.0 Å². The Balaban J connectivity index is 1.78. The first-order chi connectivity index (χ1) is 9.22. The second-order valence-electron chi connectivity index (χ2n) is 5.54. The van der Waals surface area contributed by atoms with Crippen molar-refractivity contribution in [2.75, 3.05) is 5.32 Å². The molecular weight excluding hydrogens is 254 g/mol. The van der Waals surface area contributed by atoms with E-state index in [9.17, 15) is 0 Å². The topological polar surface area (TPSA) is 29.9 Å². The molecule has 1 aliphatic carbocycles. The van der Waals surface area contributed by atoms with Gasteiger partial charge in [-0.1, -0.05) is 12.8 Å². The molecule has 2 aromatic heterocycles. The van der Waals surface area contributed by atoms with E-state index in [1.54, 1.807) is 11.3 Å². The number of rotatable bonds is 4. The van der Waals surface area contributed by atoms with Gasteiger partial charge in [-0.2, -0.15) is 11.3 Å². The summed E-state index contributed by atoms with van der Waals surface area (Å²) in [5, 5.41) is 8.07. The molecule has 0 aromatic carbocycles. The highest BCUT2D eigenvalue weighted by atomic mass is 32.1. The van der Waals surface area contributed by atoms with Gasteiger partial charge in [0.1, 0.15) is 0 Å². The fourth-order valence-electron chi connectivity index (χ4n) is 2.77. The van der Waals surface area contributed by atoms with Gasteiger partial charge in [-0.25, -0.2) is 4.98 Å². The van der Waals surface area contributed by atoms with Gasteiger partial charge in [-0.3, -0.25) is 0 Å². The average Bonchev–Trinajstić information content (AvgIpc) is 3.06. The number of hydrogen-bond donors (Lipinski definition) is 1. The fraction of sp³-hybridized carbons (Fsp3) is 0.533. The minimum Gasteiger partial charge on any atom is -0.353 e. The number of anilines is 1. The molecule has 0 aliphatic heterocycles. The van der Waals surface area contributed by atoms with E-state index < -0.39 is 0 Å². The molecule has 4 heteroatoms. The minimum atomic E-state index is 0.615. The third kappa shape index (κ3) is 2.84. The van der Waals surface area contributed by atoms with Crippen molar-refractivity contribution in [1.29, 1.82) is 0 Å². The van der Waals surface area contributed by atoms with Crippen LogP contribution in [0.5, 0.6) is 0 Å². The van der Waals surface area contributed by atoms with E-state index >= 15 is 0 Å². The van der Waals surface area contributed by atoms with Crippen molar-refractivity contribution >= 4 is 17.3 Å². The summed E-state index contributed by atoms with van der Waals surface area (Å²) >= 11 is 1.78. The van der Waals surface area contributed by atoms with Gasteiger partial charge in [-0.05, 0) is 48.6 Å². The lowest BCUT2D eigenvalue weighted by atomic mass is 10.2. The third-order valence-corrected chi connectivity index (χ3v) is 4.80. The summed E-state index contributed by atoms with van der Waals surface area (Å²) in [4.78, 5) is 4.64. The molecule has 0 bridgehead atoms. The van der Waals surface area contributed by atoms with E-state index in [2.05, 4.69) is 45.7 Å². The molecule has 1 N–H and O–H groups in total. The van der Waals surface area contributed by atoms with Gasteiger partial charge >= 0.3 is 0 Å². The fourth-order valence-corrected chi connectivity index (χ4v) is 3.62.